The molecule has 6 nitrogen and oxygen atoms in total. The van der Waals surface area contributed by atoms with Crippen molar-refractivity contribution in [2.45, 2.75) is 24.0 Å². The molecule has 0 fully saturated rings. The number of nitrogens with zero attached hydrogens (tertiary/aromatic N) is 2. The van der Waals surface area contributed by atoms with Crippen LogP contribution >= 0.6 is 11.6 Å². The van der Waals surface area contributed by atoms with Crippen LogP contribution in [-0.2, 0) is 28.7 Å². The average molecular weight is 359 g/mol. The number of aryl methyl sites for hydroxylation is 1. The van der Waals surface area contributed by atoms with Crippen molar-refractivity contribution in [3.8, 4) is 11.5 Å². The van der Waals surface area contributed by atoms with Gasteiger partial charge < -0.3 is 14.0 Å². The zero-order valence-corrected chi connectivity index (χ0v) is 14.8. The summed E-state index contributed by atoms with van der Waals surface area (Å²) in [6.07, 6.45) is 3.25. The van der Waals surface area contributed by atoms with Crippen molar-refractivity contribution < 1.29 is 17.9 Å². The van der Waals surface area contributed by atoms with Gasteiger partial charge in [-0.3, -0.25) is 0 Å². The number of sulfone groups is 1. The first-order chi connectivity index (χ1) is 10.9. The second kappa shape index (κ2) is 7.23. The minimum atomic E-state index is -3.40. The fourth-order valence-corrected chi connectivity index (χ4v) is 3.38. The fraction of sp³-hybridized carbons (Fsp3) is 0.400. The molecule has 0 saturated heterocycles. The predicted molar refractivity (Wildman–Crippen MR) is 88.1 cm³/mol. The van der Waals surface area contributed by atoms with Crippen LogP contribution in [0.5, 0.6) is 11.5 Å². The summed E-state index contributed by atoms with van der Waals surface area (Å²) in [5.74, 6) is 1.49. The topological polar surface area (TPSA) is 70.4 Å². The SMILES string of the molecule is COc1ccc(CCn2c(CCl)cnc2S(C)(=O)=O)cc1OC. The van der Waals surface area contributed by atoms with Crippen LogP contribution in [0.1, 0.15) is 11.3 Å². The van der Waals surface area contributed by atoms with Crippen LogP contribution in [0.3, 0.4) is 0 Å². The zero-order valence-electron chi connectivity index (χ0n) is 13.2. The smallest absolute Gasteiger partial charge is 0.227 e. The van der Waals surface area contributed by atoms with Crippen molar-refractivity contribution in [3.63, 3.8) is 0 Å². The Bertz CT molecular complexity index is 787. The lowest BCUT2D eigenvalue weighted by Crippen LogP contribution is -2.13. The van der Waals surface area contributed by atoms with Crippen LogP contribution in [0.25, 0.3) is 0 Å². The number of hydrogen-bond donors (Lipinski definition) is 0. The van der Waals surface area contributed by atoms with Crippen LogP contribution in [0.4, 0.5) is 0 Å². The van der Waals surface area contributed by atoms with Crippen LogP contribution in [0.2, 0.25) is 0 Å². The highest BCUT2D eigenvalue weighted by Crippen LogP contribution is 2.28. The van der Waals surface area contributed by atoms with Gasteiger partial charge in [-0.05, 0) is 24.1 Å². The first-order valence-electron chi connectivity index (χ1n) is 6.92. The van der Waals surface area contributed by atoms with E-state index in [2.05, 4.69) is 4.98 Å². The number of halogens is 1. The highest BCUT2D eigenvalue weighted by Gasteiger charge is 2.18. The van der Waals surface area contributed by atoms with E-state index in [1.165, 1.54) is 6.20 Å². The molecule has 0 atom stereocenters. The van der Waals surface area contributed by atoms with Crippen molar-refractivity contribution in [2.24, 2.45) is 0 Å². The molecule has 0 amide bonds. The number of ether oxygens (including phenoxy) is 2. The number of imidazole rings is 1. The molecule has 1 heterocycles. The van der Waals surface area contributed by atoms with E-state index in [-0.39, 0.29) is 11.0 Å². The fourth-order valence-electron chi connectivity index (χ4n) is 2.31. The lowest BCUT2D eigenvalue weighted by atomic mass is 10.1. The third-order valence-electron chi connectivity index (χ3n) is 3.44. The van der Waals surface area contributed by atoms with Gasteiger partial charge in [0.25, 0.3) is 0 Å². The van der Waals surface area contributed by atoms with Crippen molar-refractivity contribution in [1.82, 2.24) is 9.55 Å². The lowest BCUT2D eigenvalue weighted by Gasteiger charge is -2.12. The molecule has 2 aromatic rings. The van der Waals surface area contributed by atoms with Gasteiger partial charge in [0.05, 0.1) is 32.0 Å². The van der Waals surface area contributed by atoms with Gasteiger partial charge >= 0.3 is 0 Å². The molecule has 0 saturated carbocycles. The average Bonchev–Trinajstić information content (AvgIpc) is 2.95. The van der Waals surface area contributed by atoms with Gasteiger partial charge in [0.15, 0.2) is 11.5 Å². The van der Waals surface area contributed by atoms with Crippen LogP contribution in [0, 0.1) is 0 Å². The highest BCUT2D eigenvalue weighted by molar-refractivity contribution is 7.90. The Hall–Kier alpha value is -1.73. The van der Waals surface area contributed by atoms with Crippen LogP contribution < -0.4 is 9.47 Å². The molecule has 0 radical (unpaired) electrons. The molecule has 0 aliphatic carbocycles. The first-order valence-corrected chi connectivity index (χ1v) is 9.34. The van der Waals surface area contributed by atoms with Crippen molar-refractivity contribution >= 4 is 21.4 Å². The molecule has 8 heteroatoms. The van der Waals surface area contributed by atoms with Gasteiger partial charge in [-0.25, -0.2) is 13.4 Å². The summed E-state index contributed by atoms with van der Waals surface area (Å²) in [7, 11) is -0.250. The summed E-state index contributed by atoms with van der Waals surface area (Å²) in [6.45, 7) is 0.458. The summed E-state index contributed by atoms with van der Waals surface area (Å²) < 4.78 is 35.7. The number of aromatic nitrogens is 2. The number of alkyl halides is 1. The standard InChI is InChI=1S/C15H19ClN2O4S/c1-21-13-5-4-11(8-14(13)22-2)6-7-18-12(9-16)10-17-15(18)23(3,19)20/h4-5,8,10H,6-7,9H2,1-3H3. The Balaban J connectivity index is 2.26. The molecular weight excluding hydrogens is 340 g/mol. The number of benzene rings is 1. The molecule has 1 aromatic heterocycles. The Morgan fingerprint density at radius 3 is 2.48 bits per heavy atom. The Labute approximate surface area is 140 Å². The summed E-state index contributed by atoms with van der Waals surface area (Å²) in [5, 5.41) is 0.0358. The summed E-state index contributed by atoms with van der Waals surface area (Å²) >= 11 is 5.87. The Morgan fingerprint density at radius 1 is 1.22 bits per heavy atom. The number of methoxy groups -OCH3 is 2. The van der Waals surface area contributed by atoms with E-state index in [0.717, 1.165) is 11.8 Å². The predicted octanol–water partition coefficient (Wildman–Crippen LogP) is 2.29. The van der Waals surface area contributed by atoms with E-state index in [9.17, 15) is 8.42 Å². The van der Waals surface area contributed by atoms with Gasteiger partial charge in [0, 0.05) is 12.8 Å². The minimum Gasteiger partial charge on any atom is -0.493 e. The van der Waals surface area contributed by atoms with E-state index in [4.69, 9.17) is 21.1 Å². The number of hydrogen-bond acceptors (Lipinski definition) is 5. The summed E-state index contributed by atoms with van der Waals surface area (Å²) in [4.78, 5) is 3.98. The van der Waals surface area contributed by atoms with Crippen molar-refractivity contribution in [3.05, 3.63) is 35.7 Å². The van der Waals surface area contributed by atoms with Gasteiger partial charge in [-0.2, -0.15) is 0 Å². The third kappa shape index (κ3) is 3.97. The highest BCUT2D eigenvalue weighted by atomic mass is 35.5. The monoisotopic (exact) mass is 358 g/mol. The molecule has 1 aromatic carbocycles. The molecule has 0 N–H and O–H groups in total. The maximum absolute atomic E-state index is 11.8. The molecular formula is C15H19ClN2O4S. The van der Waals surface area contributed by atoms with Crippen molar-refractivity contribution in [2.75, 3.05) is 20.5 Å². The second-order valence-corrected chi connectivity index (χ2v) is 7.21. The van der Waals surface area contributed by atoms with Gasteiger partial charge in [-0.15, -0.1) is 11.6 Å². The molecule has 126 valence electrons. The van der Waals surface area contributed by atoms with E-state index >= 15 is 0 Å². The maximum Gasteiger partial charge on any atom is 0.227 e. The molecule has 2 rings (SSSR count). The third-order valence-corrected chi connectivity index (χ3v) is 4.71. The molecule has 0 aliphatic rings. The Morgan fingerprint density at radius 2 is 1.91 bits per heavy atom. The Kier molecular flexibility index (Phi) is 5.54. The molecule has 0 spiro atoms. The normalized spacial score (nSPS) is 11.5. The van der Waals surface area contributed by atoms with Gasteiger partial charge in [0.2, 0.25) is 15.0 Å². The van der Waals surface area contributed by atoms with E-state index < -0.39 is 9.84 Å². The first kappa shape index (κ1) is 17.6. The molecule has 0 bridgehead atoms. The van der Waals surface area contributed by atoms with Gasteiger partial charge in [-0.1, -0.05) is 6.07 Å². The van der Waals surface area contributed by atoms with Crippen LogP contribution in [-0.4, -0.2) is 38.4 Å². The van der Waals surface area contributed by atoms with E-state index in [1.807, 2.05) is 18.2 Å². The molecule has 23 heavy (non-hydrogen) atoms. The molecule has 0 unspecified atom stereocenters. The second-order valence-electron chi connectivity index (χ2n) is 5.03. The van der Waals surface area contributed by atoms with Crippen LogP contribution in [0.15, 0.2) is 29.6 Å². The summed E-state index contributed by atoms with van der Waals surface area (Å²) in [5.41, 5.74) is 1.67. The van der Waals surface area contributed by atoms with E-state index in [0.29, 0.717) is 30.2 Å². The summed E-state index contributed by atoms with van der Waals surface area (Å²) in [6, 6.07) is 5.61. The quantitative estimate of drug-likeness (QED) is 0.710. The largest absolute Gasteiger partial charge is 0.493 e. The molecule has 0 aliphatic heterocycles. The van der Waals surface area contributed by atoms with Crippen molar-refractivity contribution in [1.29, 1.82) is 0 Å². The van der Waals surface area contributed by atoms with E-state index in [1.54, 1.807) is 18.8 Å². The minimum absolute atomic E-state index is 0.0358. The van der Waals surface area contributed by atoms with Gasteiger partial charge in [0.1, 0.15) is 0 Å². The number of rotatable bonds is 7. The maximum atomic E-state index is 11.8. The zero-order chi connectivity index (χ0) is 17.0. The lowest BCUT2D eigenvalue weighted by molar-refractivity contribution is 0.354.